The Morgan fingerprint density at radius 1 is 1.19 bits per heavy atom. The maximum Gasteiger partial charge on any atom is 0.321 e. The van der Waals surface area contributed by atoms with Gasteiger partial charge in [-0.15, -0.1) is 0 Å². The molecule has 0 saturated heterocycles. The molecule has 0 fully saturated rings. The van der Waals surface area contributed by atoms with Crippen molar-refractivity contribution in [2.24, 2.45) is 0 Å². The first-order chi connectivity index (χ1) is 10.2. The number of aldehydes is 1. The molecule has 0 bridgehead atoms. The quantitative estimate of drug-likeness (QED) is 0.463. The number of methoxy groups -OCH3 is 1. The smallest absolute Gasteiger partial charge is 0.321 e. The molecule has 0 aliphatic rings. The van der Waals surface area contributed by atoms with Crippen LogP contribution >= 0.6 is 0 Å². The van der Waals surface area contributed by atoms with Crippen molar-refractivity contribution < 1.29 is 19.2 Å². The zero-order chi connectivity index (χ0) is 15.2. The van der Waals surface area contributed by atoms with E-state index in [1.807, 2.05) is 0 Å². The molecule has 0 atom stereocenters. The summed E-state index contributed by atoms with van der Waals surface area (Å²) < 4.78 is 10.5. The summed E-state index contributed by atoms with van der Waals surface area (Å²) in [5.41, 5.74) is 0.509. The number of nitro groups is 1. The van der Waals surface area contributed by atoms with Crippen molar-refractivity contribution >= 4 is 12.0 Å². The second-order valence-electron chi connectivity index (χ2n) is 4.21. The van der Waals surface area contributed by atoms with Gasteiger partial charge < -0.3 is 9.47 Å². The molecule has 0 aliphatic carbocycles. The van der Waals surface area contributed by atoms with E-state index >= 15 is 0 Å². The lowest BCUT2D eigenvalue weighted by Gasteiger charge is -2.08. The highest BCUT2D eigenvalue weighted by atomic mass is 16.6. The lowest BCUT2D eigenvalue weighted by Crippen LogP contribution is -2.01. The summed E-state index contributed by atoms with van der Waals surface area (Å²) in [6.45, 7) is 0.160. The zero-order valence-electron chi connectivity index (χ0n) is 11.3. The van der Waals surface area contributed by atoms with Crippen molar-refractivity contribution in [3.05, 3.63) is 63.7 Å². The topological polar surface area (TPSA) is 78.7 Å². The fraction of sp³-hybridized carbons (Fsp3) is 0.133. The van der Waals surface area contributed by atoms with Gasteiger partial charge in [-0.05, 0) is 29.8 Å². The Morgan fingerprint density at radius 2 is 1.90 bits per heavy atom. The van der Waals surface area contributed by atoms with E-state index in [-0.39, 0.29) is 23.6 Å². The summed E-state index contributed by atoms with van der Waals surface area (Å²) in [5, 5.41) is 11.0. The largest absolute Gasteiger partial charge is 0.497 e. The second kappa shape index (κ2) is 6.51. The number of hydrogen-bond donors (Lipinski definition) is 0. The van der Waals surface area contributed by atoms with Gasteiger partial charge in [-0.3, -0.25) is 14.9 Å². The molecule has 0 aliphatic heterocycles. The van der Waals surface area contributed by atoms with E-state index in [1.165, 1.54) is 12.1 Å². The minimum Gasteiger partial charge on any atom is -0.497 e. The van der Waals surface area contributed by atoms with Crippen molar-refractivity contribution in [3.8, 4) is 11.5 Å². The molecule has 2 aromatic rings. The van der Waals surface area contributed by atoms with Crippen LogP contribution in [-0.2, 0) is 6.61 Å². The van der Waals surface area contributed by atoms with Crippen LogP contribution in [0.25, 0.3) is 0 Å². The van der Waals surface area contributed by atoms with Gasteiger partial charge in [0.2, 0.25) is 0 Å². The Kier molecular flexibility index (Phi) is 4.50. The summed E-state index contributed by atoms with van der Waals surface area (Å²) in [6, 6.07) is 11.5. The first kappa shape index (κ1) is 14.5. The van der Waals surface area contributed by atoms with Gasteiger partial charge in [0.05, 0.1) is 17.6 Å². The van der Waals surface area contributed by atoms with Gasteiger partial charge in [-0.2, -0.15) is 0 Å². The van der Waals surface area contributed by atoms with Crippen LogP contribution in [0.3, 0.4) is 0 Å². The Balaban J connectivity index is 2.19. The number of hydrogen-bond acceptors (Lipinski definition) is 5. The first-order valence-electron chi connectivity index (χ1n) is 6.14. The van der Waals surface area contributed by atoms with Crippen LogP contribution in [0.2, 0.25) is 0 Å². The first-order valence-corrected chi connectivity index (χ1v) is 6.14. The number of benzene rings is 2. The third-order valence-corrected chi connectivity index (χ3v) is 2.89. The van der Waals surface area contributed by atoms with E-state index in [0.29, 0.717) is 12.0 Å². The SMILES string of the molecule is COc1ccc(COc2cccc(C=O)c2[N+](=O)[O-])cc1. The van der Waals surface area contributed by atoms with Crippen molar-refractivity contribution in [3.63, 3.8) is 0 Å². The van der Waals surface area contributed by atoms with E-state index in [2.05, 4.69) is 0 Å². The molecule has 0 radical (unpaired) electrons. The van der Waals surface area contributed by atoms with Crippen LogP contribution in [0.4, 0.5) is 5.69 Å². The Labute approximate surface area is 121 Å². The predicted octanol–water partition coefficient (Wildman–Crippen LogP) is 2.99. The summed E-state index contributed by atoms with van der Waals surface area (Å²) in [7, 11) is 1.57. The zero-order valence-corrected chi connectivity index (χ0v) is 11.3. The molecule has 108 valence electrons. The number of para-hydroxylation sites is 1. The van der Waals surface area contributed by atoms with Crippen LogP contribution < -0.4 is 9.47 Å². The highest BCUT2D eigenvalue weighted by molar-refractivity contribution is 5.83. The second-order valence-corrected chi connectivity index (χ2v) is 4.21. The summed E-state index contributed by atoms with van der Waals surface area (Å²) >= 11 is 0. The van der Waals surface area contributed by atoms with Crippen molar-refractivity contribution in [1.82, 2.24) is 0 Å². The average Bonchev–Trinajstić information content (AvgIpc) is 2.52. The van der Waals surface area contributed by atoms with Crippen molar-refractivity contribution in [1.29, 1.82) is 0 Å². The summed E-state index contributed by atoms with van der Waals surface area (Å²) in [5.74, 6) is 0.785. The summed E-state index contributed by atoms with van der Waals surface area (Å²) in [6.07, 6.45) is 0.443. The Hall–Kier alpha value is -2.89. The van der Waals surface area contributed by atoms with Gasteiger partial charge in [-0.1, -0.05) is 18.2 Å². The number of carbonyl (C=O) groups is 1. The molecule has 0 amide bonds. The molecule has 6 nitrogen and oxygen atoms in total. The van der Waals surface area contributed by atoms with Gasteiger partial charge in [0.1, 0.15) is 12.4 Å². The van der Waals surface area contributed by atoms with Gasteiger partial charge >= 0.3 is 5.69 Å². The van der Waals surface area contributed by atoms with Crippen LogP contribution in [-0.4, -0.2) is 18.3 Å². The third-order valence-electron chi connectivity index (χ3n) is 2.89. The molecule has 0 spiro atoms. The highest BCUT2D eigenvalue weighted by Crippen LogP contribution is 2.30. The van der Waals surface area contributed by atoms with E-state index < -0.39 is 4.92 Å². The predicted molar refractivity (Wildman–Crippen MR) is 75.8 cm³/mol. The van der Waals surface area contributed by atoms with E-state index in [4.69, 9.17) is 9.47 Å². The lowest BCUT2D eigenvalue weighted by atomic mass is 10.2. The Bertz CT molecular complexity index is 652. The van der Waals surface area contributed by atoms with E-state index in [1.54, 1.807) is 37.4 Å². The summed E-state index contributed by atoms with van der Waals surface area (Å²) in [4.78, 5) is 21.3. The Morgan fingerprint density at radius 3 is 2.48 bits per heavy atom. The average molecular weight is 287 g/mol. The molecule has 0 aromatic heterocycles. The van der Waals surface area contributed by atoms with Gasteiger partial charge in [-0.25, -0.2) is 0 Å². The molecule has 0 unspecified atom stereocenters. The van der Waals surface area contributed by atoms with Crippen molar-refractivity contribution in [2.75, 3.05) is 7.11 Å². The normalized spacial score (nSPS) is 9.95. The minimum absolute atomic E-state index is 0.00719. The standard InChI is InChI=1S/C15H13NO5/c1-20-13-7-5-11(6-8-13)10-21-14-4-2-3-12(9-17)15(14)16(18)19/h2-9H,10H2,1H3. The number of nitro benzene ring substituents is 1. The minimum atomic E-state index is -0.618. The number of carbonyl (C=O) groups excluding carboxylic acids is 1. The van der Waals surface area contributed by atoms with Gasteiger partial charge in [0, 0.05) is 0 Å². The maximum atomic E-state index is 11.0. The van der Waals surface area contributed by atoms with Crippen LogP contribution in [0.5, 0.6) is 11.5 Å². The molecular formula is C15H13NO5. The molecule has 2 aromatic carbocycles. The molecule has 0 heterocycles. The number of rotatable bonds is 6. The van der Waals surface area contributed by atoms with E-state index in [9.17, 15) is 14.9 Å². The molecule has 21 heavy (non-hydrogen) atoms. The molecule has 6 heteroatoms. The van der Waals surface area contributed by atoms with E-state index in [0.717, 1.165) is 5.56 Å². The number of nitrogens with zero attached hydrogens (tertiary/aromatic N) is 1. The molecule has 0 N–H and O–H groups in total. The third kappa shape index (κ3) is 3.36. The van der Waals surface area contributed by atoms with Crippen LogP contribution in [0.15, 0.2) is 42.5 Å². The van der Waals surface area contributed by atoms with Crippen LogP contribution in [0.1, 0.15) is 15.9 Å². The maximum absolute atomic E-state index is 11.0. The molecule has 0 saturated carbocycles. The number of ether oxygens (including phenoxy) is 2. The fourth-order valence-electron chi connectivity index (χ4n) is 1.83. The van der Waals surface area contributed by atoms with Gasteiger partial charge in [0.25, 0.3) is 0 Å². The van der Waals surface area contributed by atoms with Crippen molar-refractivity contribution in [2.45, 2.75) is 6.61 Å². The molecule has 2 rings (SSSR count). The monoisotopic (exact) mass is 287 g/mol. The highest BCUT2D eigenvalue weighted by Gasteiger charge is 2.20. The molecular weight excluding hydrogens is 274 g/mol. The van der Waals surface area contributed by atoms with Gasteiger partial charge in [0.15, 0.2) is 12.0 Å². The fourth-order valence-corrected chi connectivity index (χ4v) is 1.83. The lowest BCUT2D eigenvalue weighted by molar-refractivity contribution is -0.386. The van der Waals surface area contributed by atoms with Crippen LogP contribution in [0, 0.1) is 10.1 Å².